The number of amides is 1. The highest BCUT2D eigenvalue weighted by molar-refractivity contribution is 7.13. The Labute approximate surface area is 92.0 Å². The fourth-order valence-electron chi connectivity index (χ4n) is 1.08. The van der Waals surface area contributed by atoms with E-state index in [2.05, 4.69) is 15.0 Å². The van der Waals surface area contributed by atoms with E-state index in [1.165, 1.54) is 11.6 Å². The van der Waals surface area contributed by atoms with Crippen molar-refractivity contribution in [1.29, 1.82) is 0 Å². The van der Waals surface area contributed by atoms with E-state index in [9.17, 15) is 14.4 Å². The highest BCUT2D eigenvalue weighted by atomic mass is 32.1. The number of primary amides is 1. The Hall–Kier alpha value is -2.22. The SMILES string of the molecule is NC(=O)c1csc(-c2c[nH]c(=O)[nH]c2=O)n1. The number of H-pyrrole nitrogens is 2. The molecule has 2 aromatic heterocycles. The molecule has 2 rings (SSSR count). The average molecular weight is 238 g/mol. The molecule has 0 saturated carbocycles. The van der Waals surface area contributed by atoms with Crippen LogP contribution in [0.4, 0.5) is 0 Å². The van der Waals surface area contributed by atoms with Gasteiger partial charge in [-0.3, -0.25) is 14.6 Å². The molecule has 82 valence electrons. The lowest BCUT2D eigenvalue weighted by Crippen LogP contribution is -2.22. The predicted molar refractivity (Wildman–Crippen MR) is 57.3 cm³/mol. The standard InChI is InChI=1S/C8H6N4O3S/c9-5(13)4-2-16-7(11-4)3-1-10-8(15)12-6(3)14/h1-2H,(H2,9,13)(H2,10,12,14,15). The maximum Gasteiger partial charge on any atom is 0.325 e. The van der Waals surface area contributed by atoms with Crippen LogP contribution in [0.2, 0.25) is 0 Å². The number of carbonyl (C=O) groups is 1. The van der Waals surface area contributed by atoms with Gasteiger partial charge in [-0.2, -0.15) is 0 Å². The first-order valence-corrected chi connectivity index (χ1v) is 5.03. The van der Waals surface area contributed by atoms with Gasteiger partial charge in [-0.1, -0.05) is 0 Å². The van der Waals surface area contributed by atoms with E-state index < -0.39 is 17.2 Å². The van der Waals surface area contributed by atoms with Crippen LogP contribution in [0.5, 0.6) is 0 Å². The topological polar surface area (TPSA) is 122 Å². The summed E-state index contributed by atoms with van der Waals surface area (Å²) in [5.41, 5.74) is 4.15. The average Bonchev–Trinajstić information content (AvgIpc) is 2.66. The van der Waals surface area contributed by atoms with E-state index in [1.807, 2.05) is 0 Å². The van der Waals surface area contributed by atoms with Crippen molar-refractivity contribution in [3.05, 3.63) is 38.1 Å². The van der Waals surface area contributed by atoms with Gasteiger partial charge in [-0.05, 0) is 0 Å². The summed E-state index contributed by atoms with van der Waals surface area (Å²) in [7, 11) is 0. The summed E-state index contributed by atoms with van der Waals surface area (Å²) in [6, 6.07) is 0. The molecule has 4 N–H and O–H groups in total. The van der Waals surface area contributed by atoms with Gasteiger partial charge in [-0.15, -0.1) is 11.3 Å². The first-order valence-electron chi connectivity index (χ1n) is 4.15. The highest BCUT2D eigenvalue weighted by Crippen LogP contribution is 2.18. The van der Waals surface area contributed by atoms with Crippen molar-refractivity contribution in [2.45, 2.75) is 0 Å². The number of nitrogens with two attached hydrogens (primary N) is 1. The van der Waals surface area contributed by atoms with Crippen molar-refractivity contribution in [2.24, 2.45) is 5.73 Å². The first kappa shape index (κ1) is 10.3. The van der Waals surface area contributed by atoms with E-state index >= 15 is 0 Å². The highest BCUT2D eigenvalue weighted by Gasteiger charge is 2.11. The van der Waals surface area contributed by atoms with Gasteiger partial charge in [0.2, 0.25) is 0 Å². The van der Waals surface area contributed by atoms with Gasteiger partial charge in [0.05, 0.1) is 5.56 Å². The Bertz CT molecular complexity index is 654. The third-order valence-electron chi connectivity index (χ3n) is 1.81. The van der Waals surface area contributed by atoms with Gasteiger partial charge in [0.1, 0.15) is 10.7 Å². The molecule has 1 amide bonds. The van der Waals surface area contributed by atoms with E-state index in [4.69, 9.17) is 5.73 Å². The summed E-state index contributed by atoms with van der Waals surface area (Å²) in [4.78, 5) is 41.2. The normalized spacial score (nSPS) is 10.2. The molecule has 2 aromatic rings. The quantitative estimate of drug-likeness (QED) is 0.639. The Morgan fingerprint density at radius 1 is 1.44 bits per heavy atom. The van der Waals surface area contributed by atoms with Gasteiger partial charge in [0, 0.05) is 11.6 Å². The second-order valence-corrected chi connectivity index (χ2v) is 3.75. The number of nitrogens with zero attached hydrogens (tertiary/aromatic N) is 1. The van der Waals surface area contributed by atoms with E-state index in [1.54, 1.807) is 0 Å². The van der Waals surface area contributed by atoms with Crippen LogP contribution in [0, 0.1) is 0 Å². The van der Waals surface area contributed by atoms with E-state index in [-0.39, 0.29) is 11.3 Å². The van der Waals surface area contributed by atoms with Crippen LogP contribution in [0.25, 0.3) is 10.6 Å². The third-order valence-corrected chi connectivity index (χ3v) is 2.68. The number of hydrogen-bond donors (Lipinski definition) is 3. The number of aromatic amines is 2. The lowest BCUT2D eigenvalue weighted by Gasteiger charge is -1.92. The zero-order chi connectivity index (χ0) is 11.7. The van der Waals surface area contributed by atoms with Crippen molar-refractivity contribution in [3.8, 4) is 10.6 Å². The third kappa shape index (κ3) is 1.77. The summed E-state index contributed by atoms with van der Waals surface area (Å²) < 4.78 is 0. The van der Waals surface area contributed by atoms with Crippen LogP contribution in [0.15, 0.2) is 21.2 Å². The summed E-state index contributed by atoms with van der Waals surface area (Å²) >= 11 is 1.10. The smallest absolute Gasteiger partial charge is 0.325 e. The number of aromatic nitrogens is 3. The molecule has 0 aliphatic carbocycles. The molecule has 16 heavy (non-hydrogen) atoms. The molecular weight excluding hydrogens is 232 g/mol. The Kier molecular flexibility index (Phi) is 2.41. The van der Waals surface area contributed by atoms with Crippen LogP contribution in [0.3, 0.4) is 0 Å². The molecule has 0 spiro atoms. The molecule has 8 heteroatoms. The maximum absolute atomic E-state index is 11.4. The zero-order valence-electron chi connectivity index (χ0n) is 7.81. The van der Waals surface area contributed by atoms with Crippen LogP contribution in [0.1, 0.15) is 10.5 Å². The van der Waals surface area contributed by atoms with Crippen LogP contribution < -0.4 is 17.0 Å². The molecule has 0 atom stereocenters. The number of rotatable bonds is 2. The Morgan fingerprint density at radius 3 is 2.75 bits per heavy atom. The van der Waals surface area contributed by atoms with Gasteiger partial charge < -0.3 is 10.7 Å². The molecule has 0 bridgehead atoms. The minimum atomic E-state index is -0.664. The molecule has 0 fully saturated rings. The minimum absolute atomic E-state index is 0.0885. The summed E-state index contributed by atoms with van der Waals surface area (Å²) in [5, 5.41) is 1.77. The number of hydrogen-bond acceptors (Lipinski definition) is 5. The molecule has 0 radical (unpaired) electrons. The van der Waals surface area contributed by atoms with Crippen molar-refractivity contribution < 1.29 is 4.79 Å². The Balaban J connectivity index is 2.55. The molecule has 0 aliphatic rings. The Morgan fingerprint density at radius 2 is 2.19 bits per heavy atom. The molecule has 0 aliphatic heterocycles. The monoisotopic (exact) mass is 238 g/mol. The van der Waals surface area contributed by atoms with Gasteiger partial charge in [0.15, 0.2) is 0 Å². The van der Waals surface area contributed by atoms with Gasteiger partial charge in [0.25, 0.3) is 11.5 Å². The number of nitrogens with one attached hydrogen (secondary N) is 2. The molecule has 0 saturated heterocycles. The van der Waals surface area contributed by atoms with E-state index in [0.717, 1.165) is 11.3 Å². The van der Waals surface area contributed by atoms with E-state index in [0.29, 0.717) is 5.01 Å². The minimum Gasteiger partial charge on any atom is -0.364 e. The molecule has 2 heterocycles. The summed E-state index contributed by atoms with van der Waals surface area (Å²) in [6.07, 6.45) is 1.24. The zero-order valence-corrected chi connectivity index (χ0v) is 8.63. The van der Waals surface area contributed by atoms with Crippen molar-refractivity contribution >= 4 is 17.2 Å². The predicted octanol–water partition coefficient (Wildman–Crippen LogP) is -0.714. The van der Waals surface area contributed by atoms with Gasteiger partial charge >= 0.3 is 5.69 Å². The van der Waals surface area contributed by atoms with Crippen LogP contribution >= 0.6 is 11.3 Å². The van der Waals surface area contributed by atoms with Crippen LogP contribution in [-0.2, 0) is 0 Å². The molecule has 7 nitrogen and oxygen atoms in total. The lowest BCUT2D eigenvalue weighted by molar-refractivity contribution is 0.0996. The number of carbonyl (C=O) groups excluding carboxylic acids is 1. The van der Waals surface area contributed by atoms with Crippen molar-refractivity contribution in [1.82, 2.24) is 15.0 Å². The molecule has 0 unspecified atom stereocenters. The first-order chi connectivity index (χ1) is 7.58. The second-order valence-electron chi connectivity index (χ2n) is 2.89. The maximum atomic E-state index is 11.4. The summed E-state index contributed by atoms with van der Waals surface area (Å²) in [5.74, 6) is -0.664. The fourth-order valence-corrected chi connectivity index (χ4v) is 1.90. The largest absolute Gasteiger partial charge is 0.364 e. The lowest BCUT2D eigenvalue weighted by atomic mass is 10.3. The van der Waals surface area contributed by atoms with Crippen molar-refractivity contribution in [3.63, 3.8) is 0 Å². The molecular formula is C8H6N4O3S. The fraction of sp³-hybridized carbons (Fsp3) is 0. The summed E-state index contributed by atoms with van der Waals surface area (Å²) in [6.45, 7) is 0. The second kappa shape index (κ2) is 3.74. The molecule has 0 aromatic carbocycles. The van der Waals surface area contributed by atoms with Crippen LogP contribution in [-0.4, -0.2) is 20.9 Å². The van der Waals surface area contributed by atoms with Gasteiger partial charge in [-0.25, -0.2) is 9.78 Å². The van der Waals surface area contributed by atoms with Crippen molar-refractivity contribution in [2.75, 3.05) is 0 Å². The number of thiazole rings is 1.